The van der Waals surface area contributed by atoms with Gasteiger partial charge in [-0.25, -0.2) is 32.8 Å². The lowest BCUT2D eigenvalue weighted by molar-refractivity contribution is -0.494. The monoisotopic (exact) mass is 973 g/mol. The van der Waals surface area contributed by atoms with E-state index in [4.69, 9.17) is 49.0 Å². The van der Waals surface area contributed by atoms with Crippen molar-refractivity contribution in [3.8, 4) is 0 Å². The van der Waals surface area contributed by atoms with E-state index in [0.717, 1.165) is 28.3 Å². The largest absolute Gasteiger partial charge is 0.679 e. The Kier molecular flexibility index (Phi) is 23.7. The molecule has 0 aromatic carbocycles. The average molecular weight is 974 g/mol. The first-order chi connectivity index (χ1) is 27.0. The minimum atomic E-state index is -7.05. The van der Waals surface area contributed by atoms with E-state index < -0.39 is 117 Å². The number of aromatic nitrogens is 3. The second-order valence-electron chi connectivity index (χ2n) is 12.3. The quantitative estimate of drug-likeness (QED) is 0.0815. The Hall–Kier alpha value is -2.12. The Balaban J connectivity index is 0. The molecule has 18 nitrogen and oxygen atoms in total. The third-order valence-corrected chi connectivity index (χ3v) is 16.5. The van der Waals surface area contributed by atoms with Crippen LogP contribution >= 0.6 is 0 Å². The summed E-state index contributed by atoms with van der Waals surface area (Å²) >= 11 is 0. The van der Waals surface area contributed by atoms with Crippen molar-refractivity contribution in [3.05, 3.63) is 31.5 Å². The molecule has 0 spiro atoms. The van der Waals surface area contributed by atoms with E-state index in [1.165, 1.54) is 42.7 Å². The molecule has 0 radical (unpaired) electrons. The maximum atomic E-state index is 16.2. The van der Waals surface area contributed by atoms with Crippen LogP contribution < -0.4 is 17.1 Å². The highest BCUT2D eigenvalue weighted by Gasteiger charge is 2.77. The fourth-order valence-corrected chi connectivity index (χ4v) is 9.95. The van der Waals surface area contributed by atoms with Gasteiger partial charge in [0.05, 0.1) is 12.7 Å². The van der Waals surface area contributed by atoms with E-state index in [0.29, 0.717) is 0 Å². The normalized spacial score (nSPS) is 14.7. The zero-order chi connectivity index (χ0) is 46.1. The topological polar surface area (TPSA) is 177 Å². The molecule has 2 unspecified atom stereocenters. The summed E-state index contributed by atoms with van der Waals surface area (Å²) in [5.74, 6) is -19.2. The summed E-state index contributed by atoms with van der Waals surface area (Å²) < 4.78 is 206. The van der Waals surface area contributed by atoms with Gasteiger partial charge in [-0.15, -0.1) is 0 Å². The zero-order valence-electron chi connectivity index (χ0n) is 33.8. The summed E-state index contributed by atoms with van der Waals surface area (Å²) in [6.45, 7) is -2.89. The molecule has 61 heavy (non-hydrogen) atoms. The van der Waals surface area contributed by atoms with E-state index in [1.54, 1.807) is 0 Å². The number of rotatable bonds is 29. The summed E-state index contributed by atoms with van der Waals surface area (Å²) in [5, 5.41) is 0. The third kappa shape index (κ3) is 13.5. The minimum absolute atomic E-state index is 0. The second-order valence-corrected chi connectivity index (χ2v) is 20.9. The van der Waals surface area contributed by atoms with Gasteiger partial charge in [-0.05, 0) is 19.8 Å². The number of hydrogen-bond donors (Lipinski definition) is 0. The van der Waals surface area contributed by atoms with Gasteiger partial charge in [0.15, 0.2) is 0 Å². The lowest BCUT2D eigenvalue weighted by Crippen LogP contribution is -2.63. The summed E-state index contributed by atoms with van der Waals surface area (Å²) in [7, 11) is -0.942. The van der Waals surface area contributed by atoms with Crippen molar-refractivity contribution in [3.63, 3.8) is 0 Å². The predicted octanol–water partition coefficient (Wildman–Crippen LogP) is 4.40. The number of hydrogen-bond acceptors (Lipinski definition) is 15. The minimum Gasteiger partial charge on any atom is -0.377 e. The standard InChI is InChI=1S/C28H49F10N3O15Si3.2CH4/c1-19(55-59(51-9,52-10)53-11)18-54-20(25(31,32)27(35,36)56-28(37,38)26(33,34)24(2,29)30)41-22(43)39(14-12-16-57(45-3,46-4)47-5)21(42)40(23(41)44)15-13-17-58(48-6,49-7)50-8;;/h19-20H,12-18H2,1-11H3;2*1H4. The first-order valence-corrected chi connectivity index (χ1v) is 22.3. The maximum absolute atomic E-state index is 16.2. The van der Waals surface area contributed by atoms with Crippen LogP contribution in [0.3, 0.4) is 0 Å². The molecule has 0 aliphatic carbocycles. The first kappa shape index (κ1) is 61.0. The van der Waals surface area contributed by atoms with E-state index in [2.05, 4.69) is 4.74 Å². The molecule has 0 bridgehead atoms. The Morgan fingerprint density at radius 2 is 0.934 bits per heavy atom. The number of halogens is 10. The van der Waals surface area contributed by atoms with E-state index in [1.807, 2.05) is 0 Å². The van der Waals surface area contributed by atoms with Gasteiger partial charge in [-0.1, -0.05) is 14.9 Å². The van der Waals surface area contributed by atoms with Gasteiger partial charge in [-0.2, -0.15) is 43.9 Å². The molecule has 1 heterocycles. The highest BCUT2D eigenvalue weighted by atomic mass is 28.4. The maximum Gasteiger partial charge on any atom is 0.679 e. The molecule has 0 aliphatic rings. The van der Waals surface area contributed by atoms with Crippen LogP contribution in [0.4, 0.5) is 43.9 Å². The van der Waals surface area contributed by atoms with Gasteiger partial charge in [0.25, 0.3) is 0 Å². The molecule has 0 saturated carbocycles. The number of nitrogens with zero attached hydrogens (tertiary/aromatic N) is 3. The third-order valence-electron chi connectivity index (χ3n) is 8.62. The molecular formula is C30H57F10N3O15Si3. The molecule has 2 atom stereocenters. The summed E-state index contributed by atoms with van der Waals surface area (Å²) in [5.41, 5.74) is -5.79. The lowest BCUT2D eigenvalue weighted by Gasteiger charge is -2.37. The Morgan fingerprint density at radius 3 is 1.25 bits per heavy atom. The highest BCUT2D eigenvalue weighted by Crippen LogP contribution is 2.52. The van der Waals surface area contributed by atoms with Crippen molar-refractivity contribution < 1.29 is 97.6 Å². The Labute approximate surface area is 348 Å². The van der Waals surface area contributed by atoms with Crippen molar-refractivity contribution in [2.24, 2.45) is 0 Å². The van der Waals surface area contributed by atoms with Crippen LogP contribution in [-0.2, 0) is 66.8 Å². The van der Waals surface area contributed by atoms with Gasteiger partial charge in [0, 0.05) is 96.1 Å². The Bertz CT molecular complexity index is 1570. The average Bonchev–Trinajstić information content (AvgIpc) is 3.17. The smallest absolute Gasteiger partial charge is 0.377 e. The van der Waals surface area contributed by atoms with Gasteiger partial charge in [0.2, 0.25) is 6.23 Å². The summed E-state index contributed by atoms with van der Waals surface area (Å²) in [6, 6.07) is -0.394. The molecule has 31 heteroatoms. The second kappa shape index (κ2) is 23.7. The molecule has 1 rings (SSSR count). The van der Waals surface area contributed by atoms with E-state index >= 15 is 17.6 Å². The predicted molar refractivity (Wildman–Crippen MR) is 199 cm³/mol. The lowest BCUT2D eigenvalue weighted by atomic mass is 10.1. The Morgan fingerprint density at radius 1 is 0.574 bits per heavy atom. The molecule has 0 saturated heterocycles. The molecule has 0 aliphatic heterocycles. The van der Waals surface area contributed by atoms with Crippen molar-refractivity contribution in [1.29, 1.82) is 0 Å². The van der Waals surface area contributed by atoms with Crippen LogP contribution in [0.25, 0.3) is 0 Å². The van der Waals surface area contributed by atoms with Crippen molar-refractivity contribution in [2.45, 2.75) is 109 Å². The van der Waals surface area contributed by atoms with E-state index in [-0.39, 0.29) is 48.9 Å². The number of ether oxygens (including phenoxy) is 2. The molecule has 0 fully saturated rings. The molecule has 0 N–H and O–H groups in total. The fourth-order valence-electron chi connectivity index (χ4n) is 5.19. The van der Waals surface area contributed by atoms with Crippen LogP contribution in [0.1, 0.15) is 47.8 Å². The zero-order valence-corrected chi connectivity index (χ0v) is 36.8. The van der Waals surface area contributed by atoms with Crippen LogP contribution in [0.2, 0.25) is 12.1 Å². The molecule has 1 aromatic heterocycles. The van der Waals surface area contributed by atoms with Crippen molar-refractivity contribution in [1.82, 2.24) is 13.7 Å². The van der Waals surface area contributed by atoms with Crippen LogP contribution in [-0.4, -0.2) is 147 Å². The first-order valence-electron chi connectivity index (χ1n) is 16.8. The van der Waals surface area contributed by atoms with E-state index in [9.17, 15) is 40.7 Å². The molecule has 1 aromatic rings. The van der Waals surface area contributed by atoms with Crippen molar-refractivity contribution in [2.75, 3.05) is 70.6 Å². The van der Waals surface area contributed by atoms with Gasteiger partial charge in [0.1, 0.15) is 0 Å². The van der Waals surface area contributed by atoms with Gasteiger partial charge in [-0.3, -0.25) is 0 Å². The molecular weight excluding hydrogens is 917 g/mol. The van der Waals surface area contributed by atoms with Gasteiger partial charge < -0.3 is 49.0 Å². The van der Waals surface area contributed by atoms with Crippen molar-refractivity contribution >= 4 is 26.7 Å². The van der Waals surface area contributed by atoms with Crippen LogP contribution in [0, 0.1) is 0 Å². The SMILES string of the molecule is C.C.CO[Si](CCCn1c(=O)n(CCC[Si](OC)(OC)OC)c(=O)n(C(OCC(C)O[Si](OC)(OC)OC)C(F)(F)C(F)(F)OC(F)(F)C(F)(F)C(C)(F)F)c1=O)(OC)OC. The van der Waals surface area contributed by atoms with Crippen LogP contribution in [0.5, 0.6) is 0 Å². The summed E-state index contributed by atoms with van der Waals surface area (Å²) in [6.07, 6.45) is -20.5. The molecule has 364 valence electrons. The summed E-state index contributed by atoms with van der Waals surface area (Å²) in [4.78, 5) is 41.6. The van der Waals surface area contributed by atoms with Crippen LogP contribution in [0.15, 0.2) is 14.4 Å². The molecule has 0 amide bonds. The highest BCUT2D eigenvalue weighted by molar-refractivity contribution is 6.60. The number of alkyl halides is 10. The fraction of sp³-hybridized carbons (Fsp3) is 0.900. The van der Waals surface area contributed by atoms with Gasteiger partial charge >= 0.3 is 73.7 Å².